The van der Waals surface area contributed by atoms with Gasteiger partial charge in [-0.3, -0.25) is 4.72 Å². The zero-order valence-electron chi connectivity index (χ0n) is 12.6. The number of hydrogen-bond donors (Lipinski definition) is 1. The number of esters is 1. The molecule has 0 aliphatic carbocycles. The lowest BCUT2D eigenvalue weighted by Gasteiger charge is -2.19. The van der Waals surface area contributed by atoms with Crippen LogP contribution in [0.2, 0.25) is 0 Å². The van der Waals surface area contributed by atoms with Gasteiger partial charge in [0.1, 0.15) is 0 Å². The van der Waals surface area contributed by atoms with Crippen LogP contribution in [0.3, 0.4) is 0 Å². The predicted octanol–water partition coefficient (Wildman–Crippen LogP) is 2.25. The molecule has 0 bridgehead atoms. The Morgan fingerprint density at radius 2 is 1.71 bits per heavy atom. The number of nitrogens with one attached hydrogen (secondary N) is 1. The molecule has 1 aromatic carbocycles. The Morgan fingerprint density at radius 1 is 1.14 bits per heavy atom. The highest BCUT2D eigenvalue weighted by Gasteiger charge is 2.18. The molecule has 1 aromatic rings. The lowest BCUT2D eigenvalue weighted by Crippen LogP contribution is -2.35. The molecule has 0 saturated carbocycles. The quantitative estimate of drug-likeness (QED) is 0.747. The van der Waals surface area contributed by atoms with Crippen molar-refractivity contribution >= 4 is 21.9 Å². The number of hydrogen-bond acceptors (Lipinski definition) is 4. The van der Waals surface area contributed by atoms with Crippen LogP contribution in [0.1, 0.15) is 37.6 Å². The second-order valence-corrected chi connectivity index (χ2v) is 6.08. The van der Waals surface area contributed by atoms with Gasteiger partial charge in [-0.2, -0.15) is 12.7 Å². The summed E-state index contributed by atoms with van der Waals surface area (Å²) in [7, 11) is -3.56. The van der Waals surface area contributed by atoms with Gasteiger partial charge in [-0.15, -0.1) is 0 Å². The van der Waals surface area contributed by atoms with Crippen molar-refractivity contribution in [1.82, 2.24) is 4.31 Å². The molecule has 0 unspecified atom stereocenters. The summed E-state index contributed by atoms with van der Waals surface area (Å²) >= 11 is 0. The predicted molar refractivity (Wildman–Crippen MR) is 82.5 cm³/mol. The minimum atomic E-state index is -3.56. The zero-order chi connectivity index (χ0) is 15.9. The van der Waals surface area contributed by atoms with Gasteiger partial charge in [0, 0.05) is 18.8 Å². The van der Waals surface area contributed by atoms with Crippen LogP contribution in [0.5, 0.6) is 0 Å². The fourth-order valence-corrected chi connectivity index (χ4v) is 2.97. The standard InChI is InChI=1S/C14H22N2O4S/c1-4-11-20-14(17)12-7-9-13(10-8-12)15-21(18,19)16(5-2)6-3/h7-10,15H,4-6,11H2,1-3H3. The van der Waals surface area contributed by atoms with Crippen LogP contribution in [-0.2, 0) is 14.9 Å². The van der Waals surface area contributed by atoms with Gasteiger partial charge in [0.15, 0.2) is 0 Å². The molecule has 0 atom stereocenters. The van der Waals surface area contributed by atoms with Crippen molar-refractivity contribution in [2.24, 2.45) is 0 Å². The Hall–Kier alpha value is -1.60. The van der Waals surface area contributed by atoms with E-state index in [1.54, 1.807) is 26.0 Å². The van der Waals surface area contributed by atoms with E-state index in [4.69, 9.17) is 4.74 Å². The second-order valence-electron chi connectivity index (χ2n) is 4.40. The largest absolute Gasteiger partial charge is 0.462 e. The van der Waals surface area contributed by atoms with Crippen molar-refractivity contribution < 1.29 is 17.9 Å². The summed E-state index contributed by atoms with van der Waals surface area (Å²) in [5.74, 6) is -0.407. The van der Waals surface area contributed by atoms with Crippen LogP contribution in [-0.4, -0.2) is 38.4 Å². The smallest absolute Gasteiger partial charge is 0.338 e. The second kappa shape index (κ2) is 7.99. The van der Waals surface area contributed by atoms with E-state index >= 15 is 0 Å². The monoisotopic (exact) mass is 314 g/mol. The molecule has 0 aromatic heterocycles. The van der Waals surface area contributed by atoms with Gasteiger partial charge in [-0.05, 0) is 30.7 Å². The number of ether oxygens (including phenoxy) is 1. The highest BCUT2D eigenvalue weighted by Crippen LogP contribution is 2.14. The third-order valence-corrected chi connectivity index (χ3v) is 4.54. The Labute approximate surface area is 126 Å². The van der Waals surface area contributed by atoms with E-state index < -0.39 is 16.2 Å². The molecule has 0 radical (unpaired) electrons. The fraction of sp³-hybridized carbons (Fsp3) is 0.500. The third-order valence-electron chi connectivity index (χ3n) is 2.85. The van der Waals surface area contributed by atoms with Crippen LogP contribution < -0.4 is 4.72 Å². The number of rotatable bonds is 8. The average Bonchev–Trinajstić information content (AvgIpc) is 2.46. The van der Waals surface area contributed by atoms with E-state index in [-0.39, 0.29) is 0 Å². The van der Waals surface area contributed by atoms with Crippen molar-refractivity contribution in [1.29, 1.82) is 0 Å². The molecule has 7 heteroatoms. The minimum Gasteiger partial charge on any atom is -0.462 e. The Morgan fingerprint density at radius 3 is 2.19 bits per heavy atom. The lowest BCUT2D eigenvalue weighted by molar-refractivity contribution is 0.0505. The van der Waals surface area contributed by atoms with Crippen LogP contribution in [0.15, 0.2) is 24.3 Å². The van der Waals surface area contributed by atoms with E-state index in [1.807, 2.05) is 6.92 Å². The number of nitrogens with zero attached hydrogens (tertiary/aromatic N) is 1. The number of benzene rings is 1. The summed E-state index contributed by atoms with van der Waals surface area (Å²) in [5, 5.41) is 0. The van der Waals surface area contributed by atoms with Gasteiger partial charge in [0.25, 0.3) is 0 Å². The SMILES string of the molecule is CCCOC(=O)c1ccc(NS(=O)(=O)N(CC)CC)cc1. The first kappa shape index (κ1) is 17.5. The Kier molecular flexibility index (Phi) is 6.64. The van der Waals surface area contributed by atoms with Crippen LogP contribution in [0, 0.1) is 0 Å². The molecular weight excluding hydrogens is 292 g/mol. The minimum absolute atomic E-state index is 0.370. The summed E-state index contributed by atoms with van der Waals surface area (Å²) in [6.07, 6.45) is 0.757. The van der Waals surface area contributed by atoms with Crippen molar-refractivity contribution in [3.8, 4) is 0 Å². The van der Waals surface area contributed by atoms with E-state index in [2.05, 4.69) is 4.72 Å². The Balaban J connectivity index is 2.77. The van der Waals surface area contributed by atoms with E-state index in [1.165, 1.54) is 16.4 Å². The molecule has 6 nitrogen and oxygen atoms in total. The van der Waals surface area contributed by atoms with Gasteiger partial charge in [0.2, 0.25) is 0 Å². The van der Waals surface area contributed by atoms with Crippen molar-refractivity contribution in [3.05, 3.63) is 29.8 Å². The summed E-state index contributed by atoms with van der Waals surface area (Å²) in [6, 6.07) is 6.17. The van der Waals surface area contributed by atoms with Crippen molar-refractivity contribution in [2.45, 2.75) is 27.2 Å². The van der Waals surface area contributed by atoms with Crippen molar-refractivity contribution in [2.75, 3.05) is 24.4 Å². The first-order valence-electron chi connectivity index (χ1n) is 6.99. The molecule has 1 N–H and O–H groups in total. The van der Waals surface area contributed by atoms with Crippen LogP contribution in [0.4, 0.5) is 5.69 Å². The highest BCUT2D eigenvalue weighted by molar-refractivity contribution is 7.90. The molecule has 0 spiro atoms. The Bertz CT molecular complexity index is 551. The van der Waals surface area contributed by atoms with E-state index in [0.717, 1.165) is 6.42 Å². The average molecular weight is 314 g/mol. The molecule has 0 heterocycles. The van der Waals surface area contributed by atoms with Gasteiger partial charge < -0.3 is 4.74 Å². The summed E-state index contributed by atoms with van der Waals surface area (Å²) in [4.78, 5) is 11.6. The first-order chi connectivity index (χ1) is 9.94. The van der Waals surface area contributed by atoms with Crippen LogP contribution in [0.25, 0.3) is 0 Å². The summed E-state index contributed by atoms with van der Waals surface area (Å²) < 4.78 is 32.9. The molecule has 21 heavy (non-hydrogen) atoms. The number of anilines is 1. The molecule has 118 valence electrons. The van der Waals surface area contributed by atoms with Crippen molar-refractivity contribution in [3.63, 3.8) is 0 Å². The van der Waals surface area contributed by atoms with Crippen LogP contribution >= 0.6 is 0 Å². The summed E-state index contributed by atoms with van der Waals surface area (Å²) in [5.41, 5.74) is 0.808. The number of carbonyl (C=O) groups is 1. The summed E-state index contributed by atoms with van der Waals surface area (Å²) in [6.45, 7) is 6.62. The lowest BCUT2D eigenvalue weighted by atomic mass is 10.2. The molecule has 0 aliphatic heterocycles. The zero-order valence-corrected chi connectivity index (χ0v) is 13.4. The maximum Gasteiger partial charge on any atom is 0.338 e. The molecule has 0 fully saturated rings. The van der Waals surface area contributed by atoms with E-state index in [9.17, 15) is 13.2 Å². The molecule has 1 rings (SSSR count). The van der Waals surface area contributed by atoms with Gasteiger partial charge in [-0.1, -0.05) is 20.8 Å². The molecule has 0 amide bonds. The highest BCUT2D eigenvalue weighted by atomic mass is 32.2. The molecule has 0 aliphatic rings. The number of carbonyl (C=O) groups excluding carboxylic acids is 1. The fourth-order valence-electron chi connectivity index (χ4n) is 1.73. The maximum atomic E-state index is 12.0. The normalized spacial score (nSPS) is 11.4. The molecular formula is C14H22N2O4S. The molecule has 0 saturated heterocycles. The third kappa shape index (κ3) is 5.02. The van der Waals surface area contributed by atoms with E-state index in [0.29, 0.717) is 30.9 Å². The van der Waals surface area contributed by atoms with Gasteiger partial charge in [0.05, 0.1) is 12.2 Å². The maximum absolute atomic E-state index is 12.0. The van der Waals surface area contributed by atoms with Gasteiger partial charge >= 0.3 is 16.2 Å². The topological polar surface area (TPSA) is 75.7 Å². The van der Waals surface area contributed by atoms with Gasteiger partial charge in [-0.25, -0.2) is 4.79 Å². The first-order valence-corrected chi connectivity index (χ1v) is 8.43.